The Bertz CT molecular complexity index is 215. The van der Waals surface area contributed by atoms with Gasteiger partial charge in [0, 0.05) is 4.88 Å². The summed E-state index contributed by atoms with van der Waals surface area (Å²) in [4.78, 5) is 1.49. The first-order valence-corrected chi connectivity index (χ1v) is 4.83. The van der Waals surface area contributed by atoms with Crippen molar-refractivity contribution in [2.24, 2.45) is 0 Å². The molecule has 60 valence electrons. The smallest absolute Gasteiger partial charge is 0.00483 e. The molecule has 0 N–H and O–H groups in total. The van der Waals surface area contributed by atoms with E-state index in [2.05, 4.69) is 37.4 Å². The highest BCUT2D eigenvalue weighted by Gasteiger charge is 1.90. The van der Waals surface area contributed by atoms with Gasteiger partial charge in [-0.3, -0.25) is 0 Å². The monoisotopic (exact) mass is 166 g/mol. The van der Waals surface area contributed by atoms with E-state index < -0.39 is 0 Å². The van der Waals surface area contributed by atoms with Gasteiger partial charge in [0.2, 0.25) is 0 Å². The molecule has 0 aromatic carbocycles. The molecule has 0 saturated heterocycles. The minimum absolute atomic E-state index is 1.18. The van der Waals surface area contributed by atoms with Crippen molar-refractivity contribution in [3.05, 3.63) is 34.0 Å². The zero-order chi connectivity index (χ0) is 8.10. The summed E-state index contributed by atoms with van der Waals surface area (Å²) in [6, 6.07) is 4.31. The Hall–Kier alpha value is -0.560. The molecule has 1 aromatic rings. The molecule has 0 aliphatic rings. The fourth-order valence-electron chi connectivity index (χ4n) is 0.958. The maximum atomic E-state index is 2.29. The number of hydrogen-bond acceptors (Lipinski definition) is 1. The first-order valence-electron chi connectivity index (χ1n) is 3.95. The molecule has 1 rings (SSSR count). The number of allylic oxidation sites excluding steroid dienone is 2. The Morgan fingerprint density at radius 3 is 2.91 bits per heavy atom. The van der Waals surface area contributed by atoms with Crippen LogP contribution in [0.5, 0.6) is 0 Å². The van der Waals surface area contributed by atoms with E-state index in [0.717, 1.165) is 0 Å². The van der Waals surface area contributed by atoms with Crippen LogP contribution in [0.1, 0.15) is 25.1 Å². The number of rotatable bonds is 3. The molecular formula is C10H14S. The highest BCUT2D eigenvalue weighted by Crippen LogP contribution is 2.11. The molecule has 0 atom stereocenters. The number of hydrogen-bond donors (Lipinski definition) is 0. The van der Waals surface area contributed by atoms with Crippen LogP contribution in [0.3, 0.4) is 0 Å². The summed E-state index contributed by atoms with van der Waals surface area (Å²) in [6.07, 6.45) is 4.67. The topological polar surface area (TPSA) is 0 Å². The zero-order valence-corrected chi connectivity index (χ0v) is 7.95. The van der Waals surface area contributed by atoms with Gasteiger partial charge < -0.3 is 0 Å². The van der Waals surface area contributed by atoms with Gasteiger partial charge in [0.05, 0.1) is 0 Å². The van der Waals surface area contributed by atoms with Crippen LogP contribution in [0.25, 0.3) is 0 Å². The standard InChI is InChI=1S/C10H14S/c1-9(2)5-3-6-10-7-4-8-11-10/h4-5,7-8H,3,6H2,1-2H3. The number of thiophene rings is 1. The molecule has 1 heteroatoms. The van der Waals surface area contributed by atoms with Crippen molar-refractivity contribution in [3.8, 4) is 0 Å². The molecule has 0 bridgehead atoms. The van der Waals surface area contributed by atoms with E-state index in [4.69, 9.17) is 0 Å². The predicted molar refractivity (Wildman–Crippen MR) is 52.1 cm³/mol. The molecule has 0 aliphatic heterocycles. The average Bonchev–Trinajstić information content (AvgIpc) is 2.39. The van der Waals surface area contributed by atoms with E-state index in [9.17, 15) is 0 Å². The second-order valence-electron chi connectivity index (χ2n) is 2.90. The third-order valence-corrected chi connectivity index (χ3v) is 2.46. The highest BCUT2D eigenvalue weighted by atomic mass is 32.1. The Morgan fingerprint density at radius 1 is 1.55 bits per heavy atom. The van der Waals surface area contributed by atoms with Crippen molar-refractivity contribution in [1.82, 2.24) is 0 Å². The normalized spacial score (nSPS) is 9.64. The molecule has 0 amide bonds. The maximum Gasteiger partial charge on any atom is 0.00483 e. The summed E-state index contributed by atoms with van der Waals surface area (Å²) in [6.45, 7) is 4.29. The van der Waals surface area contributed by atoms with Gasteiger partial charge >= 0.3 is 0 Å². The van der Waals surface area contributed by atoms with E-state index in [1.165, 1.54) is 23.3 Å². The van der Waals surface area contributed by atoms with Crippen molar-refractivity contribution in [1.29, 1.82) is 0 Å². The SMILES string of the molecule is CC(C)=CCCc1cccs1. The van der Waals surface area contributed by atoms with Gasteiger partial charge in [-0.05, 0) is 38.1 Å². The largest absolute Gasteiger partial charge is 0.149 e. The summed E-state index contributed by atoms with van der Waals surface area (Å²) in [5.41, 5.74) is 1.42. The fourth-order valence-corrected chi connectivity index (χ4v) is 1.68. The van der Waals surface area contributed by atoms with E-state index >= 15 is 0 Å². The van der Waals surface area contributed by atoms with E-state index in [-0.39, 0.29) is 0 Å². The molecule has 0 aliphatic carbocycles. The zero-order valence-electron chi connectivity index (χ0n) is 7.13. The molecule has 1 heterocycles. The summed E-state index contributed by atoms with van der Waals surface area (Å²) < 4.78 is 0. The van der Waals surface area contributed by atoms with Crippen LogP contribution < -0.4 is 0 Å². The van der Waals surface area contributed by atoms with Gasteiger partial charge in [-0.25, -0.2) is 0 Å². The molecule has 11 heavy (non-hydrogen) atoms. The Labute approximate surface area is 72.6 Å². The lowest BCUT2D eigenvalue weighted by atomic mass is 10.2. The van der Waals surface area contributed by atoms with Crippen LogP contribution in [0.15, 0.2) is 29.2 Å². The van der Waals surface area contributed by atoms with Crippen molar-refractivity contribution in [3.63, 3.8) is 0 Å². The van der Waals surface area contributed by atoms with Gasteiger partial charge in [0.1, 0.15) is 0 Å². The molecule has 0 radical (unpaired) electrons. The summed E-state index contributed by atoms with van der Waals surface area (Å²) in [5.74, 6) is 0. The quantitative estimate of drug-likeness (QED) is 0.601. The summed E-state index contributed by atoms with van der Waals surface area (Å²) in [7, 11) is 0. The number of aryl methyl sites for hydroxylation is 1. The lowest BCUT2D eigenvalue weighted by molar-refractivity contribution is 1.01. The molecular weight excluding hydrogens is 152 g/mol. The van der Waals surface area contributed by atoms with Crippen LogP contribution in [0, 0.1) is 0 Å². The van der Waals surface area contributed by atoms with Gasteiger partial charge in [-0.15, -0.1) is 11.3 Å². The lowest BCUT2D eigenvalue weighted by Gasteiger charge is -1.91. The van der Waals surface area contributed by atoms with Crippen molar-refractivity contribution in [2.45, 2.75) is 26.7 Å². The molecule has 0 fully saturated rings. The minimum atomic E-state index is 1.18. The lowest BCUT2D eigenvalue weighted by Crippen LogP contribution is -1.76. The average molecular weight is 166 g/mol. The minimum Gasteiger partial charge on any atom is -0.149 e. The first-order chi connectivity index (χ1) is 5.29. The van der Waals surface area contributed by atoms with E-state index in [0.29, 0.717) is 0 Å². The molecule has 0 nitrogen and oxygen atoms in total. The van der Waals surface area contributed by atoms with Crippen LogP contribution in [0.2, 0.25) is 0 Å². The van der Waals surface area contributed by atoms with Gasteiger partial charge in [0.25, 0.3) is 0 Å². The van der Waals surface area contributed by atoms with E-state index in [1.54, 1.807) is 0 Å². The molecule has 0 unspecified atom stereocenters. The Morgan fingerprint density at radius 2 is 2.36 bits per heavy atom. The summed E-state index contributed by atoms with van der Waals surface area (Å²) >= 11 is 1.85. The highest BCUT2D eigenvalue weighted by molar-refractivity contribution is 7.09. The Balaban J connectivity index is 2.30. The third-order valence-electron chi connectivity index (χ3n) is 1.52. The van der Waals surface area contributed by atoms with E-state index in [1.807, 2.05) is 11.3 Å². The third kappa shape index (κ3) is 3.38. The van der Waals surface area contributed by atoms with Crippen LogP contribution >= 0.6 is 11.3 Å². The molecule has 0 spiro atoms. The van der Waals surface area contributed by atoms with Crippen LogP contribution in [-0.2, 0) is 6.42 Å². The summed E-state index contributed by atoms with van der Waals surface area (Å²) in [5, 5.41) is 2.14. The molecule has 1 aromatic heterocycles. The first kappa shape index (κ1) is 8.54. The van der Waals surface area contributed by atoms with Gasteiger partial charge in [0.15, 0.2) is 0 Å². The fraction of sp³-hybridized carbons (Fsp3) is 0.400. The van der Waals surface area contributed by atoms with Crippen LogP contribution in [-0.4, -0.2) is 0 Å². The van der Waals surface area contributed by atoms with Crippen molar-refractivity contribution < 1.29 is 0 Å². The van der Waals surface area contributed by atoms with Gasteiger partial charge in [-0.1, -0.05) is 17.7 Å². The Kier molecular flexibility index (Phi) is 3.37. The van der Waals surface area contributed by atoms with Crippen molar-refractivity contribution >= 4 is 11.3 Å². The van der Waals surface area contributed by atoms with Gasteiger partial charge in [-0.2, -0.15) is 0 Å². The predicted octanol–water partition coefficient (Wildman–Crippen LogP) is 3.65. The van der Waals surface area contributed by atoms with Crippen LogP contribution in [0.4, 0.5) is 0 Å². The second-order valence-corrected chi connectivity index (χ2v) is 3.93. The maximum absolute atomic E-state index is 2.29. The second kappa shape index (κ2) is 4.35. The van der Waals surface area contributed by atoms with Crippen molar-refractivity contribution in [2.75, 3.05) is 0 Å². The molecule has 0 saturated carbocycles.